The zero-order valence-electron chi connectivity index (χ0n) is 14.9. The Morgan fingerprint density at radius 1 is 1.26 bits per heavy atom. The molecule has 27 heavy (non-hydrogen) atoms. The van der Waals surface area contributed by atoms with Gasteiger partial charge in [0.05, 0.1) is 16.6 Å². The molecule has 3 aromatic heterocycles. The van der Waals surface area contributed by atoms with Crippen LogP contribution in [0.15, 0.2) is 58.3 Å². The van der Waals surface area contributed by atoms with Crippen LogP contribution in [0, 0.1) is 0 Å². The highest BCUT2D eigenvalue weighted by Gasteiger charge is 2.17. The van der Waals surface area contributed by atoms with E-state index in [0.29, 0.717) is 17.7 Å². The summed E-state index contributed by atoms with van der Waals surface area (Å²) in [6, 6.07) is 7.67. The van der Waals surface area contributed by atoms with Gasteiger partial charge in [-0.05, 0) is 39.7 Å². The van der Waals surface area contributed by atoms with Gasteiger partial charge in [-0.1, -0.05) is 18.2 Å². The summed E-state index contributed by atoms with van der Waals surface area (Å²) in [5.41, 5.74) is 2.48. The maximum absolute atomic E-state index is 13.3. The molecule has 0 aliphatic carbocycles. The average Bonchev–Trinajstić information content (AvgIpc) is 3.14. The third kappa shape index (κ3) is 3.02. The molecule has 8 heteroatoms. The minimum absolute atomic E-state index is 0.105. The fraction of sp³-hybridized carbons (Fsp3) is 0.158. The quantitative estimate of drug-likeness (QED) is 0.503. The smallest absolute Gasteiger partial charge is 0.265 e. The number of fused-ring (bicyclic) bond motifs is 3. The van der Waals surface area contributed by atoms with E-state index < -0.39 is 0 Å². The van der Waals surface area contributed by atoms with E-state index in [0.717, 1.165) is 21.2 Å². The topological polar surface area (TPSA) is 68.3 Å². The highest BCUT2D eigenvalue weighted by molar-refractivity contribution is 9.10. The van der Waals surface area contributed by atoms with Crippen LogP contribution < -0.4 is 10.5 Å². The predicted molar refractivity (Wildman–Crippen MR) is 110 cm³/mol. The Bertz CT molecular complexity index is 1210. The Kier molecular flexibility index (Phi) is 4.49. The van der Waals surface area contributed by atoms with Gasteiger partial charge in [-0.2, -0.15) is 0 Å². The van der Waals surface area contributed by atoms with E-state index >= 15 is 0 Å². The lowest BCUT2D eigenvalue weighted by atomic mass is 10.2. The van der Waals surface area contributed by atoms with E-state index in [1.54, 1.807) is 23.3 Å². The van der Waals surface area contributed by atoms with Gasteiger partial charge in [-0.3, -0.25) is 18.7 Å². The van der Waals surface area contributed by atoms with Crippen LogP contribution in [0.5, 0.6) is 0 Å². The Balaban J connectivity index is 1.93. The molecular weight excluding hydrogens is 408 g/mol. The van der Waals surface area contributed by atoms with Crippen molar-refractivity contribution in [2.24, 2.45) is 0 Å². The molecule has 0 amide bonds. The number of benzene rings is 1. The van der Waals surface area contributed by atoms with Crippen molar-refractivity contribution < 1.29 is 0 Å². The normalized spacial score (nSPS) is 11.7. The van der Waals surface area contributed by atoms with Crippen LogP contribution in [0.25, 0.3) is 22.8 Å². The molecule has 0 unspecified atom stereocenters. The molecule has 136 valence electrons. The third-order valence-electron chi connectivity index (χ3n) is 4.33. The van der Waals surface area contributed by atoms with Crippen molar-refractivity contribution in [3.8, 4) is 0 Å². The number of nitrogens with zero attached hydrogens (tertiary/aromatic N) is 6. The zero-order valence-corrected chi connectivity index (χ0v) is 16.5. The second-order valence-corrected chi connectivity index (χ2v) is 7.14. The summed E-state index contributed by atoms with van der Waals surface area (Å²) in [5.74, 6) is 0.510. The molecular formula is C19H17BrN6O. The van der Waals surface area contributed by atoms with Crippen LogP contribution in [-0.4, -0.2) is 38.2 Å². The molecule has 1 aromatic carbocycles. The first-order valence-corrected chi connectivity index (χ1v) is 9.16. The molecule has 0 saturated heterocycles. The van der Waals surface area contributed by atoms with Crippen molar-refractivity contribution in [1.29, 1.82) is 0 Å². The summed E-state index contributed by atoms with van der Waals surface area (Å²) in [6.45, 7) is 0.380. The molecule has 0 atom stereocenters. The number of hydrogen-bond acceptors (Lipinski definition) is 5. The van der Waals surface area contributed by atoms with Gasteiger partial charge < -0.3 is 4.90 Å². The van der Waals surface area contributed by atoms with Gasteiger partial charge in [-0.15, -0.1) is 10.2 Å². The summed E-state index contributed by atoms with van der Waals surface area (Å²) in [7, 11) is 3.84. The fourth-order valence-corrected chi connectivity index (χ4v) is 3.83. The lowest BCUT2D eigenvalue weighted by Gasteiger charge is -2.18. The van der Waals surface area contributed by atoms with Gasteiger partial charge in [0.2, 0.25) is 5.78 Å². The molecule has 0 aliphatic heterocycles. The molecule has 7 nitrogen and oxygen atoms in total. The van der Waals surface area contributed by atoms with E-state index in [1.807, 2.05) is 59.8 Å². The molecule has 4 aromatic rings. The SMILES string of the molecule is CN(C)c1c(Br)ccc2c1c(=O)n(C/C=C/c1cccnc1)c1nncn21. The first-order chi connectivity index (χ1) is 13.1. The molecule has 0 bridgehead atoms. The van der Waals surface area contributed by atoms with Crippen molar-refractivity contribution in [2.45, 2.75) is 6.54 Å². The summed E-state index contributed by atoms with van der Waals surface area (Å²) in [5, 5.41) is 8.79. The summed E-state index contributed by atoms with van der Waals surface area (Å²) in [4.78, 5) is 19.4. The number of allylic oxidation sites excluding steroid dienone is 1. The Morgan fingerprint density at radius 3 is 2.85 bits per heavy atom. The van der Waals surface area contributed by atoms with Crippen molar-refractivity contribution >= 4 is 44.4 Å². The van der Waals surface area contributed by atoms with E-state index in [2.05, 4.69) is 31.1 Å². The van der Waals surface area contributed by atoms with Crippen molar-refractivity contribution in [2.75, 3.05) is 19.0 Å². The Labute approximate surface area is 163 Å². The summed E-state index contributed by atoms with van der Waals surface area (Å²) >= 11 is 3.56. The minimum Gasteiger partial charge on any atom is -0.376 e. The second kappa shape index (κ2) is 6.96. The first kappa shape index (κ1) is 17.4. The van der Waals surface area contributed by atoms with Gasteiger partial charge in [-0.25, -0.2) is 0 Å². The van der Waals surface area contributed by atoms with Crippen LogP contribution in [0.2, 0.25) is 0 Å². The molecule has 0 spiro atoms. The van der Waals surface area contributed by atoms with Crippen LogP contribution in [0.1, 0.15) is 5.56 Å². The number of pyridine rings is 1. The van der Waals surface area contributed by atoms with E-state index in [1.165, 1.54) is 0 Å². The predicted octanol–water partition coefficient (Wildman–Crippen LogP) is 2.98. The Morgan fingerprint density at radius 2 is 2.11 bits per heavy atom. The van der Waals surface area contributed by atoms with Gasteiger partial charge >= 0.3 is 0 Å². The summed E-state index contributed by atoms with van der Waals surface area (Å²) in [6.07, 6.45) is 8.99. The van der Waals surface area contributed by atoms with E-state index in [4.69, 9.17) is 0 Å². The average molecular weight is 425 g/mol. The number of hydrogen-bond donors (Lipinski definition) is 0. The van der Waals surface area contributed by atoms with Crippen LogP contribution >= 0.6 is 15.9 Å². The molecule has 0 fully saturated rings. The van der Waals surface area contributed by atoms with Crippen LogP contribution in [0.3, 0.4) is 0 Å². The van der Waals surface area contributed by atoms with Crippen molar-refractivity contribution in [3.63, 3.8) is 0 Å². The highest BCUT2D eigenvalue weighted by atomic mass is 79.9. The number of anilines is 1. The summed E-state index contributed by atoms with van der Waals surface area (Å²) < 4.78 is 4.33. The largest absolute Gasteiger partial charge is 0.376 e. The maximum atomic E-state index is 13.3. The van der Waals surface area contributed by atoms with Gasteiger partial charge in [0.25, 0.3) is 5.56 Å². The molecule has 0 aliphatic rings. The van der Waals surface area contributed by atoms with E-state index in [-0.39, 0.29) is 5.56 Å². The van der Waals surface area contributed by atoms with Gasteiger partial charge in [0.1, 0.15) is 6.33 Å². The minimum atomic E-state index is -0.105. The first-order valence-electron chi connectivity index (χ1n) is 8.36. The van der Waals surface area contributed by atoms with Crippen LogP contribution in [-0.2, 0) is 6.54 Å². The monoisotopic (exact) mass is 424 g/mol. The number of aromatic nitrogens is 5. The van der Waals surface area contributed by atoms with Crippen molar-refractivity contribution in [3.05, 3.63) is 69.5 Å². The lowest BCUT2D eigenvalue weighted by molar-refractivity contribution is 0.787. The van der Waals surface area contributed by atoms with Crippen LogP contribution in [0.4, 0.5) is 5.69 Å². The van der Waals surface area contributed by atoms with Crippen molar-refractivity contribution in [1.82, 2.24) is 24.1 Å². The zero-order chi connectivity index (χ0) is 19.0. The number of rotatable bonds is 4. The standard InChI is InChI=1S/C19H17BrN6O/c1-24(2)17-14(20)7-8-15-16(17)18(27)25(19-23-22-12-26(15)19)10-4-6-13-5-3-9-21-11-13/h3-9,11-12H,10H2,1-2H3/b6-4+. The molecule has 0 N–H and O–H groups in total. The highest BCUT2D eigenvalue weighted by Crippen LogP contribution is 2.31. The molecule has 0 radical (unpaired) electrons. The molecule has 4 rings (SSSR count). The van der Waals surface area contributed by atoms with Gasteiger partial charge in [0.15, 0.2) is 0 Å². The fourth-order valence-electron chi connectivity index (χ4n) is 3.15. The Hall–Kier alpha value is -3.00. The van der Waals surface area contributed by atoms with Gasteiger partial charge in [0, 0.05) is 37.5 Å². The maximum Gasteiger partial charge on any atom is 0.265 e. The molecule has 0 saturated carbocycles. The lowest BCUT2D eigenvalue weighted by Crippen LogP contribution is -2.25. The third-order valence-corrected chi connectivity index (χ3v) is 4.97. The number of halogens is 1. The molecule has 3 heterocycles. The second-order valence-electron chi connectivity index (χ2n) is 6.29. The van der Waals surface area contributed by atoms with E-state index in [9.17, 15) is 4.79 Å².